The lowest BCUT2D eigenvalue weighted by atomic mass is 9.97. The van der Waals surface area contributed by atoms with Gasteiger partial charge in [-0.1, -0.05) is 30.3 Å². The monoisotopic (exact) mass is 427 g/mol. The van der Waals surface area contributed by atoms with Crippen LogP contribution in [0.15, 0.2) is 54.7 Å². The first-order chi connectivity index (χ1) is 15.6. The van der Waals surface area contributed by atoms with Crippen molar-refractivity contribution in [2.75, 3.05) is 31.2 Å². The zero-order chi connectivity index (χ0) is 22.1. The standard InChI is InChI=1S/C25H25N5O2/c1-29-11-10-19(24(29)25(26)31)21-16-18(30-12-14-32-15-13-30)8-6-17(21)7-9-23-20-4-2-3-5-22(20)27-28-23/h2-11,16H,12-15H2,1H3,(H2,26,31)(H,27,28)/b9-7+. The van der Waals surface area contributed by atoms with Gasteiger partial charge in [0.2, 0.25) is 0 Å². The number of nitrogens with one attached hydrogen (secondary N) is 1. The highest BCUT2D eigenvalue weighted by Crippen LogP contribution is 2.33. The van der Waals surface area contributed by atoms with E-state index in [1.54, 1.807) is 4.57 Å². The molecule has 0 saturated carbocycles. The summed E-state index contributed by atoms with van der Waals surface area (Å²) in [5, 5.41) is 8.57. The molecule has 0 spiro atoms. The third-order valence-corrected chi connectivity index (χ3v) is 5.93. The molecule has 162 valence electrons. The summed E-state index contributed by atoms with van der Waals surface area (Å²) in [5.74, 6) is -0.447. The lowest BCUT2D eigenvalue weighted by Gasteiger charge is -2.29. The number of hydrogen-bond acceptors (Lipinski definition) is 4. The van der Waals surface area contributed by atoms with Crippen LogP contribution in [0.25, 0.3) is 34.2 Å². The summed E-state index contributed by atoms with van der Waals surface area (Å²) in [7, 11) is 1.83. The normalized spacial score (nSPS) is 14.5. The minimum Gasteiger partial charge on any atom is -0.378 e. The molecule has 1 aliphatic rings. The number of rotatable bonds is 5. The minimum absolute atomic E-state index is 0.447. The smallest absolute Gasteiger partial charge is 0.265 e. The number of aryl methyl sites for hydroxylation is 1. The van der Waals surface area contributed by atoms with Crippen molar-refractivity contribution in [3.8, 4) is 11.1 Å². The number of carbonyl (C=O) groups excluding carboxylic acids is 1. The van der Waals surface area contributed by atoms with Crippen LogP contribution >= 0.6 is 0 Å². The number of aromatic nitrogens is 3. The van der Waals surface area contributed by atoms with Crippen LogP contribution in [0.2, 0.25) is 0 Å². The molecule has 1 fully saturated rings. The summed E-state index contributed by atoms with van der Waals surface area (Å²) in [6, 6.07) is 16.3. The highest BCUT2D eigenvalue weighted by Gasteiger charge is 2.19. The Labute approximate surface area is 186 Å². The van der Waals surface area contributed by atoms with E-state index in [1.807, 2.05) is 55.7 Å². The second-order valence-corrected chi connectivity index (χ2v) is 7.91. The highest BCUT2D eigenvalue weighted by atomic mass is 16.5. The number of ether oxygens (including phenoxy) is 1. The summed E-state index contributed by atoms with van der Waals surface area (Å²) >= 11 is 0. The predicted octanol–water partition coefficient (Wildman–Crippen LogP) is 3.67. The van der Waals surface area contributed by atoms with Gasteiger partial charge in [-0.05, 0) is 41.5 Å². The number of aromatic amines is 1. The predicted molar refractivity (Wildman–Crippen MR) is 127 cm³/mol. The molecule has 32 heavy (non-hydrogen) atoms. The number of benzene rings is 2. The lowest BCUT2D eigenvalue weighted by molar-refractivity contribution is 0.0993. The van der Waals surface area contributed by atoms with Crippen LogP contribution in [-0.2, 0) is 11.8 Å². The van der Waals surface area contributed by atoms with Crippen molar-refractivity contribution in [1.29, 1.82) is 0 Å². The Morgan fingerprint density at radius 2 is 1.91 bits per heavy atom. The van der Waals surface area contributed by atoms with Gasteiger partial charge in [-0.3, -0.25) is 9.89 Å². The molecule has 7 nitrogen and oxygen atoms in total. The maximum absolute atomic E-state index is 12.2. The number of H-pyrrole nitrogens is 1. The second-order valence-electron chi connectivity index (χ2n) is 7.91. The first-order valence-electron chi connectivity index (χ1n) is 10.7. The van der Waals surface area contributed by atoms with Crippen molar-refractivity contribution >= 4 is 34.6 Å². The van der Waals surface area contributed by atoms with E-state index in [0.29, 0.717) is 18.9 Å². The second kappa shape index (κ2) is 8.36. The van der Waals surface area contributed by atoms with Crippen molar-refractivity contribution in [2.45, 2.75) is 0 Å². The van der Waals surface area contributed by atoms with E-state index in [0.717, 1.165) is 52.1 Å². The van der Waals surface area contributed by atoms with E-state index >= 15 is 0 Å². The van der Waals surface area contributed by atoms with Crippen LogP contribution in [0.4, 0.5) is 5.69 Å². The van der Waals surface area contributed by atoms with E-state index in [1.165, 1.54) is 0 Å². The van der Waals surface area contributed by atoms with Gasteiger partial charge < -0.3 is 19.9 Å². The number of nitrogens with zero attached hydrogens (tertiary/aromatic N) is 3. The first-order valence-corrected chi connectivity index (χ1v) is 10.7. The largest absolute Gasteiger partial charge is 0.378 e. The van der Waals surface area contributed by atoms with E-state index in [2.05, 4.69) is 33.3 Å². The van der Waals surface area contributed by atoms with Gasteiger partial charge in [0.15, 0.2) is 0 Å². The van der Waals surface area contributed by atoms with Gasteiger partial charge in [0.1, 0.15) is 5.69 Å². The molecular weight excluding hydrogens is 402 g/mol. The molecule has 3 heterocycles. The maximum Gasteiger partial charge on any atom is 0.265 e. The third-order valence-electron chi connectivity index (χ3n) is 5.93. The fourth-order valence-electron chi connectivity index (χ4n) is 4.28. The average Bonchev–Trinajstić information content (AvgIpc) is 3.41. The number of morpholine rings is 1. The molecule has 1 amide bonds. The fraction of sp³-hybridized carbons (Fsp3) is 0.200. The average molecular weight is 428 g/mol. The number of hydrogen-bond donors (Lipinski definition) is 2. The first kappa shape index (κ1) is 20.1. The third kappa shape index (κ3) is 3.67. The Bertz CT molecular complexity index is 1310. The molecule has 0 aliphatic carbocycles. The Kier molecular flexibility index (Phi) is 5.25. The number of anilines is 1. The maximum atomic E-state index is 12.2. The number of carbonyl (C=O) groups is 1. The van der Waals surface area contributed by atoms with Crippen molar-refractivity contribution in [2.24, 2.45) is 12.8 Å². The number of amides is 1. The van der Waals surface area contributed by atoms with Gasteiger partial charge >= 0.3 is 0 Å². The number of nitrogens with two attached hydrogens (primary N) is 1. The molecule has 7 heteroatoms. The molecule has 3 N–H and O–H groups in total. The van der Waals surface area contributed by atoms with Crippen LogP contribution in [0.3, 0.4) is 0 Å². The number of primary amides is 1. The highest BCUT2D eigenvalue weighted by molar-refractivity contribution is 6.00. The zero-order valence-corrected chi connectivity index (χ0v) is 17.9. The zero-order valence-electron chi connectivity index (χ0n) is 17.9. The topological polar surface area (TPSA) is 89.2 Å². The summed E-state index contributed by atoms with van der Waals surface area (Å²) in [5.41, 5.74) is 11.9. The Hall–Kier alpha value is -3.84. The molecule has 0 unspecified atom stereocenters. The van der Waals surface area contributed by atoms with Crippen LogP contribution in [0.1, 0.15) is 21.7 Å². The molecular formula is C25H25N5O2. The molecule has 0 atom stereocenters. The van der Waals surface area contributed by atoms with Gasteiger partial charge in [0, 0.05) is 43.0 Å². The van der Waals surface area contributed by atoms with Crippen LogP contribution in [0.5, 0.6) is 0 Å². The number of fused-ring (bicyclic) bond motifs is 1. The Balaban J connectivity index is 1.61. The van der Waals surface area contributed by atoms with Gasteiger partial charge in [-0.25, -0.2) is 0 Å². The van der Waals surface area contributed by atoms with E-state index < -0.39 is 5.91 Å². The molecule has 2 aromatic carbocycles. The summed E-state index contributed by atoms with van der Waals surface area (Å²) in [6.45, 7) is 3.10. The van der Waals surface area contributed by atoms with Crippen LogP contribution in [0, 0.1) is 0 Å². The summed E-state index contributed by atoms with van der Waals surface area (Å²) in [6.07, 6.45) is 5.91. The molecule has 1 aliphatic heterocycles. The molecule has 0 radical (unpaired) electrons. The molecule has 0 bridgehead atoms. The van der Waals surface area contributed by atoms with Crippen molar-refractivity contribution < 1.29 is 9.53 Å². The Morgan fingerprint density at radius 3 is 2.72 bits per heavy atom. The minimum atomic E-state index is -0.447. The quantitative estimate of drug-likeness (QED) is 0.509. The molecule has 2 aromatic heterocycles. The van der Waals surface area contributed by atoms with E-state index in [4.69, 9.17) is 10.5 Å². The van der Waals surface area contributed by atoms with E-state index in [-0.39, 0.29) is 0 Å². The van der Waals surface area contributed by atoms with E-state index in [9.17, 15) is 4.79 Å². The molecule has 1 saturated heterocycles. The van der Waals surface area contributed by atoms with Crippen LogP contribution < -0.4 is 10.6 Å². The van der Waals surface area contributed by atoms with Crippen molar-refractivity contribution in [3.05, 3.63) is 71.7 Å². The van der Waals surface area contributed by atoms with Gasteiger partial charge in [-0.2, -0.15) is 5.10 Å². The van der Waals surface area contributed by atoms with Gasteiger partial charge in [0.05, 0.1) is 24.4 Å². The van der Waals surface area contributed by atoms with Gasteiger partial charge in [0.25, 0.3) is 5.91 Å². The fourth-order valence-corrected chi connectivity index (χ4v) is 4.28. The number of para-hydroxylation sites is 1. The van der Waals surface area contributed by atoms with Gasteiger partial charge in [-0.15, -0.1) is 0 Å². The van der Waals surface area contributed by atoms with Crippen molar-refractivity contribution in [3.63, 3.8) is 0 Å². The molecule has 4 aromatic rings. The SMILES string of the molecule is Cn1ccc(-c2cc(N3CCOCC3)ccc2/C=C/c2n[nH]c3ccccc23)c1C(N)=O. The Morgan fingerprint density at radius 1 is 1.09 bits per heavy atom. The lowest BCUT2D eigenvalue weighted by Crippen LogP contribution is -2.36. The van der Waals surface area contributed by atoms with Crippen molar-refractivity contribution in [1.82, 2.24) is 14.8 Å². The summed E-state index contributed by atoms with van der Waals surface area (Å²) in [4.78, 5) is 14.5. The summed E-state index contributed by atoms with van der Waals surface area (Å²) < 4.78 is 7.27. The van der Waals surface area contributed by atoms with Crippen LogP contribution in [-0.4, -0.2) is 47.0 Å². The molecule has 5 rings (SSSR count).